The van der Waals surface area contributed by atoms with E-state index >= 15 is 0 Å². The molecule has 0 aromatic heterocycles. The molecule has 33 heavy (non-hydrogen) atoms. The molecule has 2 heterocycles. The van der Waals surface area contributed by atoms with Crippen LogP contribution in [-0.4, -0.2) is 29.0 Å². The Morgan fingerprint density at radius 3 is 2.55 bits per heavy atom. The zero-order chi connectivity index (χ0) is 23.3. The maximum Gasteiger partial charge on any atom is 0.268 e. The molecule has 2 aliphatic heterocycles. The van der Waals surface area contributed by atoms with E-state index in [4.69, 9.17) is 11.6 Å². The van der Waals surface area contributed by atoms with Gasteiger partial charge in [-0.1, -0.05) is 41.4 Å². The van der Waals surface area contributed by atoms with Gasteiger partial charge in [-0.05, 0) is 43.3 Å². The van der Waals surface area contributed by atoms with Crippen molar-refractivity contribution in [1.82, 2.24) is 4.90 Å². The number of carbonyl (C=O) groups is 2. The van der Waals surface area contributed by atoms with Crippen LogP contribution in [0.5, 0.6) is 0 Å². The van der Waals surface area contributed by atoms with Gasteiger partial charge in [0, 0.05) is 34.0 Å². The van der Waals surface area contributed by atoms with Crippen LogP contribution < -0.4 is 4.90 Å². The maximum atomic E-state index is 14.4. The first kappa shape index (κ1) is 21.9. The number of nitrogens with zero attached hydrogens (tertiary/aromatic N) is 2. The van der Waals surface area contributed by atoms with Gasteiger partial charge in [-0.15, -0.1) is 11.8 Å². The van der Waals surface area contributed by atoms with E-state index < -0.39 is 16.5 Å². The molecule has 2 aliphatic rings. The first-order chi connectivity index (χ1) is 15.8. The van der Waals surface area contributed by atoms with Gasteiger partial charge in [0.2, 0.25) is 0 Å². The largest absolute Gasteiger partial charge is 0.311 e. The lowest BCUT2D eigenvalue weighted by atomic mass is 10.0. The Bertz CT molecular complexity index is 1280. The van der Waals surface area contributed by atoms with Gasteiger partial charge in [-0.25, -0.2) is 8.78 Å². The van der Waals surface area contributed by atoms with Crippen LogP contribution in [0.25, 0.3) is 0 Å². The molecule has 5 rings (SSSR count). The lowest BCUT2D eigenvalue weighted by molar-refractivity contribution is -0.123. The Morgan fingerprint density at radius 2 is 1.82 bits per heavy atom. The van der Waals surface area contributed by atoms with Crippen molar-refractivity contribution in [3.63, 3.8) is 0 Å². The highest BCUT2D eigenvalue weighted by atomic mass is 35.5. The average Bonchev–Trinajstić information content (AvgIpc) is 3.32. The van der Waals surface area contributed by atoms with Crippen molar-refractivity contribution in [2.24, 2.45) is 0 Å². The van der Waals surface area contributed by atoms with Crippen LogP contribution >= 0.6 is 23.4 Å². The predicted molar refractivity (Wildman–Crippen MR) is 125 cm³/mol. The Kier molecular flexibility index (Phi) is 5.41. The second-order valence-electron chi connectivity index (χ2n) is 8.07. The molecule has 1 fully saturated rings. The van der Waals surface area contributed by atoms with Gasteiger partial charge in [-0.2, -0.15) is 0 Å². The van der Waals surface area contributed by atoms with Gasteiger partial charge in [0.25, 0.3) is 11.8 Å². The maximum absolute atomic E-state index is 14.4. The van der Waals surface area contributed by atoms with Crippen molar-refractivity contribution in [1.29, 1.82) is 0 Å². The SMILES string of the molecule is Cc1ccc2c(c1)[C@]1(SCCN1C(=O)c1cccc(Cl)c1)C(=O)N2Cc1c(F)cccc1F. The zero-order valence-corrected chi connectivity index (χ0v) is 19.2. The minimum absolute atomic E-state index is 0.190. The molecule has 0 bridgehead atoms. The molecule has 3 aromatic carbocycles. The molecule has 4 nitrogen and oxygen atoms in total. The summed E-state index contributed by atoms with van der Waals surface area (Å²) < 4.78 is 28.9. The third kappa shape index (κ3) is 3.42. The summed E-state index contributed by atoms with van der Waals surface area (Å²) in [6.45, 7) is 1.99. The fourth-order valence-electron chi connectivity index (χ4n) is 4.50. The van der Waals surface area contributed by atoms with E-state index in [-0.39, 0.29) is 23.9 Å². The average molecular weight is 485 g/mol. The monoisotopic (exact) mass is 484 g/mol. The van der Waals surface area contributed by atoms with Gasteiger partial charge in [-0.3, -0.25) is 9.59 Å². The Labute approximate surface area is 199 Å². The molecule has 0 aliphatic carbocycles. The number of anilines is 1. The molecule has 0 saturated carbocycles. The van der Waals surface area contributed by atoms with Crippen LogP contribution in [0.1, 0.15) is 27.0 Å². The number of benzene rings is 3. The molecule has 8 heteroatoms. The van der Waals surface area contributed by atoms with Gasteiger partial charge >= 0.3 is 0 Å². The quantitative estimate of drug-likeness (QED) is 0.492. The van der Waals surface area contributed by atoms with Gasteiger partial charge in [0.15, 0.2) is 4.87 Å². The van der Waals surface area contributed by atoms with Crippen molar-refractivity contribution in [3.8, 4) is 0 Å². The van der Waals surface area contributed by atoms with E-state index in [1.807, 2.05) is 19.1 Å². The third-order valence-electron chi connectivity index (χ3n) is 6.04. The van der Waals surface area contributed by atoms with E-state index in [1.54, 1.807) is 35.2 Å². The molecule has 0 N–H and O–H groups in total. The molecule has 0 unspecified atom stereocenters. The summed E-state index contributed by atoms with van der Waals surface area (Å²) in [7, 11) is 0. The Balaban J connectivity index is 1.62. The van der Waals surface area contributed by atoms with Crippen LogP contribution in [0.2, 0.25) is 5.02 Å². The summed E-state index contributed by atoms with van der Waals surface area (Å²) in [4.78, 5) is 29.2. The smallest absolute Gasteiger partial charge is 0.268 e. The summed E-state index contributed by atoms with van der Waals surface area (Å²) in [5, 5.41) is 0.424. The van der Waals surface area contributed by atoms with Crippen molar-refractivity contribution >= 4 is 40.9 Å². The van der Waals surface area contributed by atoms with Crippen LogP contribution in [0.3, 0.4) is 0 Å². The molecule has 1 atom stereocenters. The number of fused-ring (bicyclic) bond motifs is 2. The van der Waals surface area contributed by atoms with Crippen molar-refractivity contribution in [3.05, 3.63) is 99.6 Å². The van der Waals surface area contributed by atoms with Crippen molar-refractivity contribution < 1.29 is 18.4 Å². The molecule has 3 aromatic rings. The highest BCUT2D eigenvalue weighted by molar-refractivity contribution is 8.01. The van der Waals surface area contributed by atoms with E-state index in [1.165, 1.54) is 34.9 Å². The highest BCUT2D eigenvalue weighted by Gasteiger charge is 2.59. The minimum Gasteiger partial charge on any atom is -0.311 e. The van der Waals surface area contributed by atoms with Crippen molar-refractivity contribution in [2.75, 3.05) is 17.2 Å². The fourth-order valence-corrected chi connectivity index (χ4v) is 6.15. The zero-order valence-electron chi connectivity index (χ0n) is 17.6. The lowest BCUT2D eigenvalue weighted by Crippen LogP contribution is -2.50. The molecular formula is C25H19ClF2N2O2S. The number of aryl methyl sites for hydroxylation is 1. The molecule has 168 valence electrons. The molecule has 1 spiro atoms. The summed E-state index contributed by atoms with van der Waals surface area (Å²) in [6, 6.07) is 15.7. The summed E-state index contributed by atoms with van der Waals surface area (Å²) in [5.74, 6) is -1.59. The number of hydrogen-bond donors (Lipinski definition) is 0. The number of rotatable bonds is 3. The minimum atomic E-state index is -1.30. The second kappa shape index (κ2) is 8.15. The normalized spacial score (nSPS) is 19.5. The third-order valence-corrected chi connectivity index (χ3v) is 7.70. The van der Waals surface area contributed by atoms with Crippen molar-refractivity contribution in [2.45, 2.75) is 18.3 Å². The van der Waals surface area contributed by atoms with E-state index in [0.29, 0.717) is 34.1 Å². The molecule has 2 amide bonds. The van der Waals surface area contributed by atoms with E-state index in [9.17, 15) is 18.4 Å². The highest BCUT2D eigenvalue weighted by Crippen LogP contribution is 2.55. The molecule has 0 radical (unpaired) electrons. The summed E-state index contributed by atoms with van der Waals surface area (Å²) in [6.07, 6.45) is 0. The van der Waals surface area contributed by atoms with Crippen LogP contribution in [-0.2, 0) is 16.2 Å². The van der Waals surface area contributed by atoms with Gasteiger partial charge in [0.1, 0.15) is 11.6 Å². The van der Waals surface area contributed by atoms with Gasteiger partial charge < -0.3 is 9.80 Å². The summed E-state index contributed by atoms with van der Waals surface area (Å²) in [5.41, 5.74) is 2.31. The number of halogens is 3. The second-order valence-corrected chi connectivity index (χ2v) is 9.80. The predicted octanol–water partition coefficient (Wildman–Crippen LogP) is 5.52. The van der Waals surface area contributed by atoms with E-state index in [2.05, 4.69) is 0 Å². The first-order valence-electron chi connectivity index (χ1n) is 10.4. The Morgan fingerprint density at radius 1 is 1.09 bits per heavy atom. The summed E-state index contributed by atoms with van der Waals surface area (Å²) >= 11 is 7.46. The number of carbonyl (C=O) groups excluding carboxylic acids is 2. The fraction of sp³-hybridized carbons (Fsp3) is 0.200. The standard InChI is InChI=1S/C25H19ClF2N2O2S/c1-15-8-9-22-19(12-15)25(24(32)29(22)14-18-20(27)6-3-7-21(18)28)30(10-11-33-25)23(31)16-4-2-5-17(26)13-16/h2-9,12-13H,10-11,14H2,1H3/t25-/m0/s1. The van der Waals surface area contributed by atoms with Gasteiger partial charge in [0.05, 0.1) is 12.2 Å². The molecular weight excluding hydrogens is 466 g/mol. The molecule has 1 saturated heterocycles. The number of thioether (sulfide) groups is 1. The first-order valence-corrected chi connectivity index (χ1v) is 11.8. The number of hydrogen-bond acceptors (Lipinski definition) is 3. The lowest BCUT2D eigenvalue weighted by Gasteiger charge is -2.33. The Hall–Kier alpha value is -2.90. The number of amides is 2. The van der Waals surface area contributed by atoms with Crippen LogP contribution in [0.15, 0.2) is 60.7 Å². The topological polar surface area (TPSA) is 40.6 Å². The van der Waals surface area contributed by atoms with E-state index in [0.717, 1.165) is 5.56 Å². The van der Waals surface area contributed by atoms with Crippen LogP contribution in [0, 0.1) is 18.6 Å². The van der Waals surface area contributed by atoms with Crippen LogP contribution in [0.4, 0.5) is 14.5 Å².